The van der Waals surface area contributed by atoms with Crippen molar-refractivity contribution in [3.05, 3.63) is 65.2 Å². The molecule has 1 spiro atoms. The highest BCUT2D eigenvalue weighted by molar-refractivity contribution is 8.15. The van der Waals surface area contributed by atoms with Gasteiger partial charge in [0.25, 0.3) is 0 Å². The van der Waals surface area contributed by atoms with Gasteiger partial charge in [0.05, 0.1) is 6.61 Å². The Labute approximate surface area is 178 Å². The van der Waals surface area contributed by atoms with Crippen LogP contribution in [0, 0.1) is 17.6 Å². The molecule has 2 unspecified atom stereocenters. The molecule has 2 aromatic carbocycles. The van der Waals surface area contributed by atoms with Gasteiger partial charge in [-0.05, 0) is 51.3 Å². The Morgan fingerprint density at radius 1 is 1.30 bits per heavy atom. The second kappa shape index (κ2) is 8.00. The fourth-order valence-corrected chi connectivity index (χ4v) is 5.55. The molecule has 1 amide bonds. The van der Waals surface area contributed by atoms with Crippen LogP contribution in [-0.2, 0) is 9.67 Å². The minimum Gasteiger partial charge on any atom is -0.493 e. The third-order valence-corrected chi connectivity index (χ3v) is 6.94. The molecule has 0 aromatic heterocycles. The van der Waals surface area contributed by atoms with E-state index in [1.807, 2.05) is 38.4 Å². The highest BCUT2D eigenvalue weighted by Crippen LogP contribution is 2.57. The quantitative estimate of drug-likeness (QED) is 0.733. The van der Waals surface area contributed by atoms with Gasteiger partial charge >= 0.3 is 0 Å². The van der Waals surface area contributed by atoms with Crippen molar-refractivity contribution in [3.63, 3.8) is 0 Å². The van der Waals surface area contributed by atoms with Gasteiger partial charge in [-0.1, -0.05) is 30.0 Å². The van der Waals surface area contributed by atoms with Crippen LogP contribution >= 0.6 is 11.8 Å². The molecule has 2 aromatic rings. The van der Waals surface area contributed by atoms with Crippen LogP contribution in [0.15, 0.2) is 47.6 Å². The molecule has 5 nitrogen and oxygen atoms in total. The van der Waals surface area contributed by atoms with Gasteiger partial charge < -0.3 is 9.64 Å². The summed E-state index contributed by atoms with van der Waals surface area (Å²) in [6.07, 6.45) is 0.743. The molecular weight excluding hydrogens is 408 g/mol. The Morgan fingerprint density at radius 2 is 2.07 bits per heavy atom. The maximum Gasteiger partial charge on any atom is 0.241 e. The predicted molar refractivity (Wildman–Crippen MR) is 113 cm³/mol. The smallest absolute Gasteiger partial charge is 0.241 e. The largest absolute Gasteiger partial charge is 0.493 e. The van der Waals surface area contributed by atoms with Crippen molar-refractivity contribution < 1.29 is 18.3 Å². The van der Waals surface area contributed by atoms with Crippen molar-refractivity contribution in [3.8, 4) is 5.75 Å². The van der Waals surface area contributed by atoms with E-state index in [1.165, 1.54) is 23.7 Å². The van der Waals surface area contributed by atoms with Crippen LogP contribution in [0.25, 0.3) is 0 Å². The van der Waals surface area contributed by atoms with Crippen molar-refractivity contribution in [1.29, 1.82) is 0 Å². The maximum absolute atomic E-state index is 14.6. The second-order valence-corrected chi connectivity index (χ2v) is 8.97. The Bertz CT molecular complexity index is 1010. The summed E-state index contributed by atoms with van der Waals surface area (Å²) in [7, 11) is 3.97. The number of para-hydroxylation sites is 1. The standard InChI is InChI=1S/C22H23F2N3O2S/c1-14(28)27-22(30-21(25-27)17-12-16(23)8-9-19(17)24)15(10-11-26(2)3)13-29-20-7-5-4-6-18(20)22/h4-9,12,15H,10-11,13H2,1-3H3. The first-order valence-corrected chi connectivity index (χ1v) is 10.6. The molecule has 0 bridgehead atoms. The molecule has 0 aliphatic carbocycles. The number of ether oxygens (including phenoxy) is 1. The van der Waals surface area contributed by atoms with Crippen LogP contribution in [0.4, 0.5) is 8.78 Å². The number of carbonyl (C=O) groups is 1. The van der Waals surface area contributed by atoms with E-state index in [0.29, 0.717) is 12.4 Å². The Kier molecular flexibility index (Phi) is 5.55. The molecule has 8 heteroatoms. The van der Waals surface area contributed by atoms with E-state index in [1.54, 1.807) is 0 Å². The number of hydrogen-bond acceptors (Lipinski definition) is 5. The lowest BCUT2D eigenvalue weighted by Gasteiger charge is -2.45. The van der Waals surface area contributed by atoms with Gasteiger partial charge in [-0.3, -0.25) is 4.79 Å². The molecule has 0 N–H and O–H groups in total. The van der Waals surface area contributed by atoms with Crippen molar-refractivity contribution in [1.82, 2.24) is 9.91 Å². The maximum atomic E-state index is 14.6. The average molecular weight is 432 g/mol. The van der Waals surface area contributed by atoms with E-state index < -0.39 is 16.5 Å². The molecule has 2 atom stereocenters. The van der Waals surface area contributed by atoms with Gasteiger partial charge in [0.2, 0.25) is 5.91 Å². The number of thioether (sulfide) groups is 1. The fourth-order valence-electron chi connectivity index (χ4n) is 3.98. The van der Waals surface area contributed by atoms with E-state index in [2.05, 4.69) is 10.0 Å². The van der Waals surface area contributed by atoms with E-state index in [0.717, 1.165) is 36.7 Å². The summed E-state index contributed by atoms with van der Waals surface area (Å²) in [6.45, 7) is 2.63. The van der Waals surface area contributed by atoms with Gasteiger partial charge in [0.15, 0.2) is 4.87 Å². The third-order valence-electron chi connectivity index (χ3n) is 5.41. The summed E-state index contributed by atoms with van der Waals surface area (Å²) in [6, 6.07) is 10.8. The van der Waals surface area contributed by atoms with E-state index in [-0.39, 0.29) is 22.4 Å². The zero-order valence-corrected chi connectivity index (χ0v) is 17.9. The summed E-state index contributed by atoms with van der Waals surface area (Å²) in [5, 5.41) is 6.22. The summed E-state index contributed by atoms with van der Waals surface area (Å²) < 4.78 is 34.4. The zero-order chi connectivity index (χ0) is 21.5. The normalized spacial score (nSPS) is 22.8. The molecule has 158 valence electrons. The van der Waals surface area contributed by atoms with Crippen LogP contribution in [0.3, 0.4) is 0 Å². The number of halogens is 2. The molecule has 30 heavy (non-hydrogen) atoms. The Balaban J connectivity index is 1.85. The number of hydrogen-bond donors (Lipinski definition) is 0. The first kappa shape index (κ1) is 20.8. The molecule has 0 saturated carbocycles. The molecule has 2 aliphatic rings. The van der Waals surface area contributed by atoms with Crippen molar-refractivity contribution in [2.75, 3.05) is 27.2 Å². The van der Waals surface area contributed by atoms with Crippen molar-refractivity contribution >= 4 is 22.7 Å². The Morgan fingerprint density at radius 3 is 2.80 bits per heavy atom. The molecule has 4 rings (SSSR count). The number of hydrazone groups is 1. The molecule has 2 aliphatic heterocycles. The lowest BCUT2D eigenvalue weighted by Crippen LogP contribution is -2.51. The fraction of sp³-hybridized carbons (Fsp3) is 0.364. The van der Waals surface area contributed by atoms with Crippen LogP contribution in [0.2, 0.25) is 0 Å². The molecular formula is C22H23F2N3O2S. The number of nitrogens with zero attached hydrogens (tertiary/aromatic N) is 3. The molecule has 2 heterocycles. The minimum atomic E-state index is -0.884. The van der Waals surface area contributed by atoms with Crippen LogP contribution in [-0.4, -0.2) is 48.1 Å². The molecule has 0 saturated heterocycles. The first-order chi connectivity index (χ1) is 14.3. The third kappa shape index (κ3) is 3.48. The summed E-state index contributed by atoms with van der Waals surface area (Å²) in [5.74, 6) is -0.814. The highest BCUT2D eigenvalue weighted by atomic mass is 32.2. The van der Waals surface area contributed by atoms with E-state index in [9.17, 15) is 13.6 Å². The van der Waals surface area contributed by atoms with Gasteiger partial charge in [0.1, 0.15) is 22.4 Å². The number of carbonyl (C=O) groups excluding carboxylic acids is 1. The number of fused-ring (bicyclic) bond motifs is 2. The van der Waals surface area contributed by atoms with Gasteiger partial charge in [-0.15, -0.1) is 0 Å². The van der Waals surface area contributed by atoms with Crippen molar-refractivity contribution in [2.24, 2.45) is 11.0 Å². The monoisotopic (exact) mass is 431 g/mol. The van der Waals surface area contributed by atoms with Crippen LogP contribution in [0.1, 0.15) is 24.5 Å². The minimum absolute atomic E-state index is 0.0541. The number of rotatable bonds is 4. The lowest BCUT2D eigenvalue weighted by molar-refractivity contribution is -0.134. The SMILES string of the molecule is CC(=O)N1N=C(c2cc(F)ccc2F)SC12c1ccccc1OCC2CCN(C)C. The molecule has 0 fully saturated rings. The van der Waals surface area contributed by atoms with Gasteiger partial charge in [-0.2, -0.15) is 5.10 Å². The summed E-state index contributed by atoms with van der Waals surface area (Å²) >= 11 is 1.30. The second-order valence-electron chi connectivity index (χ2n) is 7.75. The predicted octanol–water partition coefficient (Wildman–Crippen LogP) is 4.04. The van der Waals surface area contributed by atoms with Gasteiger partial charge in [-0.25, -0.2) is 13.8 Å². The average Bonchev–Trinajstić information content (AvgIpc) is 3.10. The van der Waals surface area contributed by atoms with E-state index >= 15 is 0 Å². The van der Waals surface area contributed by atoms with Crippen LogP contribution in [0.5, 0.6) is 5.75 Å². The lowest BCUT2D eigenvalue weighted by atomic mass is 9.86. The number of benzene rings is 2. The topological polar surface area (TPSA) is 45.1 Å². The van der Waals surface area contributed by atoms with Crippen molar-refractivity contribution in [2.45, 2.75) is 18.2 Å². The highest BCUT2D eigenvalue weighted by Gasteiger charge is 2.56. The number of amides is 1. The zero-order valence-electron chi connectivity index (χ0n) is 17.1. The van der Waals surface area contributed by atoms with E-state index in [4.69, 9.17) is 4.74 Å². The van der Waals surface area contributed by atoms with Crippen LogP contribution < -0.4 is 4.74 Å². The molecule has 0 radical (unpaired) electrons. The Hall–Kier alpha value is -2.45. The summed E-state index contributed by atoms with van der Waals surface area (Å²) in [5.41, 5.74) is 0.870. The summed E-state index contributed by atoms with van der Waals surface area (Å²) in [4.78, 5) is 13.9. The van der Waals surface area contributed by atoms with Gasteiger partial charge in [0, 0.05) is 24.0 Å². The first-order valence-electron chi connectivity index (χ1n) is 9.74.